The molecule has 2 aliphatic rings. The summed E-state index contributed by atoms with van der Waals surface area (Å²) in [5, 5.41) is 7.83. The molecular weight excluding hydrogens is 298 g/mol. The summed E-state index contributed by atoms with van der Waals surface area (Å²) in [6.07, 6.45) is 7.31. The quantitative estimate of drug-likeness (QED) is 0.506. The Morgan fingerprint density at radius 1 is 1.17 bits per heavy atom. The van der Waals surface area contributed by atoms with Gasteiger partial charge in [0.25, 0.3) is 0 Å². The third kappa shape index (κ3) is 2.62. The molecule has 0 unspecified atom stereocenters. The lowest BCUT2D eigenvalue weighted by molar-refractivity contribution is -0.521. The zero-order chi connectivity index (χ0) is 15.6. The van der Waals surface area contributed by atoms with E-state index in [4.69, 9.17) is 4.84 Å². The van der Waals surface area contributed by atoms with E-state index in [1.807, 2.05) is 0 Å². The monoisotopic (exact) mass is 316 g/mol. The molecule has 0 saturated carbocycles. The molecule has 0 amide bonds. The van der Waals surface area contributed by atoms with Crippen LogP contribution in [-0.2, 0) is 0 Å². The molecule has 0 N–H and O–H groups in total. The molecule has 4 heterocycles. The first-order chi connectivity index (χ1) is 11.3. The second-order valence-corrected chi connectivity index (χ2v) is 5.79. The van der Waals surface area contributed by atoms with Crippen LogP contribution in [0.1, 0.15) is 25.7 Å². The molecule has 0 aliphatic carbocycles. The van der Waals surface area contributed by atoms with E-state index < -0.39 is 5.56 Å². The highest BCUT2D eigenvalue weighted by Gasteiger charge is 2.32. The van der Waals surface area contributed by atoms with Crippen molar-refractivity contribution in [3.05, 3.63) is 22.9 Å². The minimum absolute atomic E-state index is 0.206. The predicted molar refractivity (Wildman–Crippen MR) is 81.0 cm³/mol. The number of aromatic nitrogens is 5. The van der Waals surface area contributed by atoms with Crippen LogP contribution in [0.4, 0.5) is 0 Å². The lowest BCUT2D eigenvalue weighted by Gasteiger charge is -2.15. The lowest BCUT2D eigenvalue weighted by atomic mass is 10.4. The summed E-state index contributed by atoms with van der Waals surface area (Å²) in [5.74, 6) is 0. The number of rotatable bonds is 1. The maximum absolute atomic E-state index is 12.5. The van der Waals surface area contributed by atoms with Gasteiger partial charge in [0.1, 0.15) is 11.8 Å². The van der Waals surface area contributed by atoms with Gasteiger partial charge in [0.2, 0.25) is 0 Å². The van der Waals surface area contributed by atoms with E-state index >= 15 is 0 Å². The van der Waals surface area contributed by atoms with Gasteiger partial charge >= 0.3 is 11.6 Å². The zero-order valence-corrected chi connectivity index (χ0v) is 12.8. The van der Waals surface area contributed by atoms with Crippen LogP contribution in [-0.4, -0.2) is 66.8 Å². The fourth-order valence-corrected chi connectivity index (χ4v) is 3.05. The molecule has 23 heavy (non-hydrogen) atoms. The fourth-order valence-electron chi connectivity index (χ4n) is 3.05. The van der Waals surface area contributed by atoms with Crippen LogP contribution in [0.25, 0.3) is 11.0 Å². The second-order valence-electron chi connectivity index (χ2n) is 5.79. The van der Waals surface area contributed by atoms with Crippen molar-refractivity contribution in [2.45, 2.75) is 25.7 Å². The van der Waals surface area contributed by atoms with Gasteiger partial charge in [0.05, 0.1) is 32.4 Å². The molecule has 2 aliphatic heterocycles. The maximum atomic E-state index is 12.5. The van der Waals surface area contributed by atoms with Crippen molar-refractivity contribution in [1.29, 1.82) is 0 Å². The van der Waals surface area contributed by atoms with Crippen molar-refractivity contribution >= 4 is 17.1 Å². The summed E-state index contributed by atoms with van der Waals surface area (Å²) in [6.45, 7) is 3.74. The van der Waals surface area contributed by atoms with Gasteiger partial charge < -0.3 is 0 Å². The van der Waals surface area contributed by atoms with Crippen molar-refractivity contribution in [2.75, 3.05) is 26.2 Å². The minimum Gasteiger partial charge on any atom is -0.275 e. The van der Waals surface area contributed by atoms with Crippen LogP contribution < -0.4 is 10.4 Å². The largest absolute Gasteiger partial charge is 0.472 e. The van der Waals surface area contributed by atoms with E-state index in [1.165, 1.54) is 12.5 Å². The fraction of sp³-hybridized carbons (Fsp3) is 0.571. The van der Waals surface area contributed by atoms with Crippen LogP contribution in [0.15, 0.2) is 17.3 Å². The molecule has 0 atom stereocenters. The Morgan fingerprint density at radius 2 is 1.96 bits per heavy atom. The van der Waals surface area contributed by atoms with Gasteiger partial charge in [-0.2, -0.15) is 0 Å². The van der Waals surface area contributed by atoms with E-state index in [-0.39, 0.29) is 5.52 Å². The predicted octanol–water partition coefficient (Wildman–Crippen LogP) is -0.732. The van der Waals surface area contributed by atoms with Gasteiger partial charge in [0, 0.05) is 0 Å². The molecule has 120 valence electrons. The van der Waals surface area contributed by atoms with Gasteiger partial charge in [-0.05, 0) is 35.7 Å². The van der Waals surface area contributed by atoms with Crippen LogP contribution in [0.5, 0.6) is 0 Å². The molecule has 0 aromatic carbocycles. The van der Waals surface area contributed by atoms with Crippen molar-refractivity contribution in [3.8, 4) is 0 Å². The molecule has 9 heteroatoms. The second kappa shape index (κ2) is 5.90. The number of amidine groups is 1. The first kappa shape index (κ1) is 14.0. The number of nitrogens with zero attached hydrogens (tertiary/aromatic N) is 7. The maximum Gasteiger partial charge on any atom is 0.472 e. The molecular formula is C14H18N7O2+. The van der Waals surface area contributed by atoms with E-state index in [9.17, 15) is 4.79 Å². The summed E-state index contributed by atoms with van der Waals surface area (Å²) in [7, 11) is 0. The highest BCUT2D eigenvalue weighted by molar-refractivity contribution is 5.71. The summed E-state index contributed by atoms with van der Waals surface area (Å²) >= 11 is 0. The summed E-state index contributed by atoms with van der Waals surface area (Å²) in [5.41, 5.74) is 0.145. The van der Waals surface area contributed by atoms with E-state index in [0.29, 0.717) is 11.5 Å². The topological polar surface area (TPSA) is 89.0 Å². The summed E-state index contributed by atoms with van der Waals surface area (Å²) < 4.78 is 2.17. The summed E-state index contributed by atoms with van der Waals surface area (Å²) in [4.78, 5) is 29.3. The van der Waals surface area contributed by atoms with Crippen LogP contribution in [0, 0.1) is 0 Å². The highest BCUT2D eigenvalue weighted by Crippen LogP contribution is 2.11. The molecule has 0 spiro atoms. The standard InChI is InChI=1S/C14H18N7O2/c22-13-12-11(9-15-10-16-12)17-18-21(13)23-14(19-5-1-2-6-19)20-7-3-4-8-20/h9-10H,1-8H2/q+1. The Morgan fingerprint density at radius 3 is 2.74 bits per heavy atom. The molecule has 2 saturated heterocycles. The highest BCUT2D eigenvalue weighted by atomic mass is 16.7. The average molecular weight is 316 g/mol. The molecule has 0 radical (unpaired) electrons. The Bertz CT molecular complexity index is 802. The van der Waals surface area contributed by atoms with Crippen LogP contribution >= 0.6 is 0 Å². The van der Waals surface area contributed by atoms with Crippen molar-refractivity contribution in [3.63, 3.8) is 0 Å². The first-order valence-electron chi connectivity index (χ1n) is 7.94. The zero-order valence-electron chi connectivity index (χ0n) is 12.8. The van der Waals surface area contributed by atoms with Gasteiger partial charge in [-0.15, -0.1) is 5.10 Å². The first-order valence-corrected chi connectivity index (χ1v) is 7.94. The Labute approximate surface area is 132 Å². The summed E-state index contributed by atoms with van der Waals surface area (Å²) in [6, 6.07) is 0.699. The van der Waals surface area contributed by atoms with Gasteiger partial charge in [-0.25, -0.2) is 19.4 Å². The average Bonchev–Trinajstić information content (AvgIpc) is 3.28. The van der Waals surface area contributed by atoms with Crippen molar-refractivity contribution in [1.82, 2.24) is 30.0 Å². The number of hydrogen-bond donors (Lipinski definition) is 0. The lowest BCUT2D eigenvalue weighted by Crippen LogP contribution is -2.46. The van der Waals surface area contributed by atoms with Crippen LogP contribution in [0.2, 0.25) is 0 Å². The SMILES string of the molecule is O=c1c2ncncc2nnn1OC(N1CCCC1)=[N+]1CCCC1. The molecule has 0 bridgehead atoms. The Balaban J connectivity index is 1.73. The number of fused-ring (bicyclic) bond motifs is 1. The number of hydrogen-bond acceptors (Lipinski definition) is 6. The van der Waals surface area contributed by atoms with Crippen LogP contribution in [0.3, 0.4) is 0 Å². The van der Waals surface area contributed by atoms with E-state index in [2.05, 4.69) is 29.8 Å². The normalized spacial score (nSPS) is 17.9. The third-order valence-corrected chi connectivity index (χ3v) is 4.22. The smallest absolute Gasteiger partial charge is 0.275 e. The minimum atomic E-state index is -0.423. The van der Waals surface area contributed by atoms with Gasteiger partial charge in [-0.3, -0.25) is 9.63 Å². The Hall–Kier alpha value is -2.58. The van der Waals surface area contributed by atoms with E-state index in [0.717, 1.165) is 56.7 Å². The van der Waals surface area contributed by atoms with E-state index in [1.54, 1.807) is 0 Å². The number of likely N-dealkylation sites (tertiary alicyclic amines) is 1. The third-order valence-electron chi connectivity index (χ3n) is 4.22. The Kier molecular flexibility index (Phi) is 3.60. The van der Waals surface area contributed by atoms with Gasteiger partial charge in [-0.1, -0.05) is 0 Å². The van der Waals surface area contributed by atoms with Crippen molar-refractivity contribution in [2.24, 2.45) is 0 Å². The molecule has 2 aromatic rings. The molecule has 4 rings (SSSR count). The molecule has 2 aromatic heterocycles. The van der Waals surface area contributed by atoms with Crippen molar-refractivity contribution < 1.29 is 9.41 Å². The van der Waals surface area contributed by atoms with Gasteiger partial charge in [0.15, 0.2) is 5.52 Å². The molecule has 2 fully saturated rings. The molecule has 9 nitrogen and oxygen atoms in total.